The Balaban J connectivity index is 1.72. The predicted octanol–water partition coefficient (Wildman–Crippen LogP) is 6.22. The van der Waals surface area contributed by atoms with Crippen molar-refractivity contribution in [2.24, 2.45) is 5.14 Å². The first-order valence-electron chi connectivity index (χ1n) is 12.6. The van der Waals surface area contributed by atoms with Gasteiger partial charge in [-0.05, 0) is 48.7 Å². The number of halogens is 3. The average Bonchev–Trinajstić information content (AvgIpc) is 2.94. The van der Waals surface area contributed by atoms with Crippen LogP contribution in [0.2, 0.25) is 0 Å². The molecule has 3 aromatic rings. The Bertz CT molecular complexity index is 1550. The molecule has 2 amide bonds. The molecule has 3 aromatic carbocycles. The minimum Gasteiger partial charge on any atom is -0.445 e. The van der Waals surface area contributed by atoms with E-state index in [2.05, 4.69) is 5.32 Å². The standard InChI is InChI=1S/C28H29Cl3N4O6S/c1-3-18(2)35(16-19-7-6-8-21(15-19)25(32)34-26(36)40-17-28(29,30)31)27(37)41-22-13-11-20(12-14-22)23-9-4-5-10-24(23)42(33,38)39/h4-15,18H,3,16-17H2,1-2H3,(H2,32,34,36)(H2,33,38,39). The van der Waals surface area contributed by atoms with Crippen molar-refractivity contribution < 1.29 is 27.5 Å². The first-order valence-corrected chi connectivity index (χ1v) is 15.2. The highest BCUT2D eigenvalue weighted by Gasteiger charge is 2.24. The molecule has 0 heterocycles. The summed E-state index contributed by atoms with van der Waals surface area (Å²) in [4.78, 5) is 26.7. The number of alkyl halides is 3. The molecule has 0 saturated heterocycles. The molecule has 0 saturated carbocycles. The van der Waals surface area contributed by atoms with Gasteiger partial charge < -0.3 is 14.4 Å². The number of nitrogens with zero attached hydrogens (tertiary/aromatic N) is 1. The molecule has 1 atom stereocenters. The van der Waals surface area contributed by atoms with Crippen LogP contribution in [-0.2, 0) is 21.3 Å². The molecule has 0 spiro atoms. The Labute approximate surface area is 259 Å². The minimum absolute atomic E-state index is 0.0112. The first-order chi connectivity index (χ1) is 19.7. The zero-order valence-electron chi connectivity index (χ0n) is 22.6. The number of sulfonamides is 1. The van der Waals surface area contributed by atoms with Crippen molar-refractivity contribution in [2.75, 3.05) is 6.61 Å². The van der Waals surface area contributed by atoms with Crippen molar-refractivity contribution in [2.45, 2.75) is 41.5 Å². The number of rotatable bonds is 9. The number of nitrogens with one attached hydrogen (secondary N) is 2. The van der Waals surface area contributed by atoms with Gasteiger partial charge in [-0.3, -0.25) is 10.7 Å². The number of carbonyl (C=O) groups is 2. The topological polar surface area (TPSA) is 152 Å². The van der Waals surface area contributed by atoms with Gasteiger partial charge in [-0.2, -0.15) is 0 Å². The van der Waals surface area contributed by atoms with E-state index in [4.69, 9.17) is 54.8 Å². The highest BCUT2D eigenvalue weighted by Crippen LogP contribution is 2.29. The number of carbonyl (C=O) groups excluding carboxylic acids is 2. The third kappa shape index (κ3) is 9.60. The normalized spacial score (nSPS) is 12.2. The van der Waals surface area contributed by atoms with Gasteiger partial charge in [0.1, 0.15) is 18.2 Å². The number of benzene rings is 3. The predicted molar refractivity (Wildman–Crippen MR) is 163 cm³/mol. The number of hydrogen-bond donors (Lipinski definition) is 3. The maximum atomic E-state index is 13.2. The Hall–Kier alpha value is -3.35. The summed E-state index contributed by atoms with van der Waals surface area (Å²) in [6.45, 7) is 3.48. The van der Waals surface area contributed by atoms with Crippen LogP contribution >= 0.6 is 34.8 Å². The summed E-state index contributed by atoms with van der Waals surface area (Å²) in [5.74, 6) is 0.0196. The minimum atomic E-state index is -3.93. The lowest BCUT2D eigenvalue weighted by Crippen LogP contribution is -2.39. The highest BCUT2D eigenvalue weighted by atomic mass is 35.6. The number of primary sulfonamides is 1. The van der Waals surface area contributed by atoms with Crippen molar-refractivity contribution in [3.8, 4) is 16.9 Å². The summed E-state index contributed by atoms with van der Waals surface area (Å²) in [6.07, 6.45) is -0.915. The largest absolute Gasteiger partial charge is 0.445 e. The van der Waals surface area contributed by atoms with Gasteiger partial charge in [-0.25, -0.2) is 23.1 Å². The smallest absolute Gasteiger partial charge is 0.415 e. The molecule has 0 aromatic heterocycles. The number of ether oxygens (including phenoxy) is 2. The number of nitrogens with two attached hydrogens (primary N) is 1. The Morgan fingerprint density at radius 2 is 1.71 bits per heavy atom. The molecule has 0 aliphatic carbocycles. The summed E-state index contributed by atoms with van der Waals surface area (Å²) < 4.78 is 32.6. The monoisotopic (exact) mass is 654 g/mol. The fraction of sp³-hybridized carbons (Fsp3) is 0.250. The van der Waals surface area contributed by atoms with Crippen molar-refractivity contribution in [1.82, 2.24) is 10.2 Å². The van der Waals surface area contributed by atoms with Gasteiger partial charge in [0.25, 0.3) is 0 Å². The van der Waals surface area contributed by atoms with E-state index in [0.29, 0.717) is 28.7 Å². The van der Waals surface area contributed by atoms with Crippen LogP contribution in [0.4, 0.5) is 9.59 Å². The van der Waals surface area contributed by atoms with Crippen molar-refractivity contribution in [3.05, 3.63) is 83.9 Å². The van der Waals surface area contributed by atoms with Crippen LogP contribution in [-0.4, -0.2) is 47.8 Å². The quantitative estimate of drug-likeness (QED) is 0.141. The molecule has 4 N–H and O–H groups in total. The number of amides is 2. The number of alkyl carbamates (subject to hydrolysis) is 1. The maximum absolute atomic E-state index is 13.2. The molecule has 42 heavy (non-hydrogen) atoms. The summed E-state index contributed by atoms with van der Waals surface area (Å²) in [5, 5.41) is 15.8. The molecule has 0 bridgehead atoms. The van der Waals surface area contributed by atoms with Crippen LogP contribution in [0.15, 0.2) is 77.7 Å². The lowest BCUT2D eigenvalue weighted by molar-refractivity contribution is 0.130. The summed E-state index contributed by atoms with van der Waals surface area (Å²) >= 11 is 16.7. The molecule has 0 fully saturated rings. The Morgan fingerprint density at radius 3 is 2.33 bits per heavy atom. The maximum Gasteiger partial charge on any atom is 0.415 e. The number of hydrogen-bond acceptors (Lipinski definition) is 7. The molecule has 1 unspecified atom stereocenters. The van der Waals surface area contributed by atoms with Crippen molar-refractivity contribution in [3.63, 3.8) is 0 Å². The SMILES string of the molecule is CCC(C)N(Cc1cccc(C(=N)NC(=O)OCC(Cl)(Cl)Cl)c1)C(=O)Oc1ccc(-c2ccccc2S(N)(=O)=O)cc1. The fourth-order valence-electron chi connectivity index (χ4n) is 3.82. The summed E-state index contributed by atoms with van der Waals surface area (Å²) in [6, 6.07) is 19.3. The van der Waals surface area contributed by atoms with Gasteiger partial charge in [0.05, 0.1) is 4.90 Å². The molecule has 224 valence electrons. The zero-order chi connectivity index (χ0) is 31.1. The van der Waals surface area contributed by atoms with Crippen molar-refractivity contribution >= 4 is 62.8 Å². The molecule has 14 heteroatoms. The van der Waals surface area contributed by atoms with E-state index in [9.17, 15) is 18.0 Å². The van der Waals surface area contributed by atoms with E-state index in [-0.39, 0.29) is 29.1 Å². The van der Waals surface area contributed by atoms with E-state index in [1.807, 2.05) is 13.8 Å². The third-order valence-electron chi connectivity index (χ3n) is 6.08. The van der Waals surface area contributed by atoms with Gasteiger partial charge >= 0.3 is 12.2 Å². The fourth-order valence-corrected chi connectivity index (χ4v) is 4.74. The van der Waals surface area contributed by atoms with E-state index in [1.54, 1.807) is 66.7 Å². The second-order valence-corrected chi connectivity index (χ2v) is 13.3. The van der Waals surface area contributed by atoms with E-state index in [0.717, 1.165) is 0 Å². The van der Waals surface area contributed by atoms with Crippen LogP contribution in [0.5, 0.6) is 5.75 Å². The van der Waals surface area contributed by atoms with Gasteiger partial charge in [-0.1, -0.05) is 90.3 Å². The Kier molecular flexibility index (Phi) is 11.2. The molecule has 0 aliphatic heterocycles. The lowest BCUT2D eigenvalue weighted by atomic mass is 10.1. The van der Waals surface area contributed by atoms with Crippen molar-refractivity contribution in [1.29, 1.82) is 5.41 Å². The van der Waals surface area contributed by atoms with Crippen LogP contribution in [0.3, 0.4) is 0 Å². The van der Waals surface area contributed by atoms with Crippen LogP contribution in [0, 0.1) is 5.41 Å². The van der Waals surface area contributed by atoms with E-state index >= 15 is 0 Å². The van der Waals surface area contributed by atoms with Crippen LogP contribution in [0.1, 0.15) is 31.4 Å². The molecule has 10 nitrogen and oxygen atoms in total. The third-order valence-corrected chi connectivity index (χ3v) is 7.38. The van der Waals surface area contributed by atoms with Gasteiger partial charge in [0, 0.05) is 23.7 Å². The van der Waals surface area contributed by atoms with Gasteiger partial charge in [0.15, 0.2) is 0 Å². The van der Waals surface area contributed by atoms with E-state index < -0.39 is 32.6 Å². The van der Waals surface area contributed by atoms with Gasteiger partial charge in [0.2, 0.25) is 13.8 Å². The second kappa shape index (κ2) is 14.2. The summed E-state index contributed by atoms with van der Waals surface area (Å²) in [7, 11) is -3.93. The molecular weight excluding hydrogens is 627 g/mol. The van der Waals surface area contributed by atoms with Crippen LogP contribution in [0.25, 0.3) is 11.1 Å². The Morgan fingerprint density at radius 1 is 1.05 bits per heavy atom. The van der Waals surface area contributed by atoms with Gasteiger partial charge in [-0.15, -0.1) is 0 Å². The van der Waals surface area contributed by atoms with E-state index in [1.165, 1.54) is 11.0 Å². The molecule has 3 rings (SSSR count). The second-order valence-electron chi connectivity index (χ2n) is 9.21. The number of amidine groups is 1. The van der Waals surface area contributed by atoms with Crippen LogP contribution < -0.4 is 15.2 Å². The summed E-state index contributed by atoms with van der Waals surface area (Å²) in [5.41, 5.74) is 2.06. The lowest BCUT2D eigenvalue weighted by Gasteiger charge is -2.28. The zero-order valence-corrected chi connectivity index (χ0v) is 25.7. The first kappa shape index (κ1) is 33.2. The average molecular weight is 656 g/mol. The highest BCUT2D eigenvalue weighted by molar-refractivity contribution is 7.89. The molecule has 0 radical (unpaired) electrons. The molecular formula is C28H29Cl3N4O6S. The molecule has 0 aliphatic rings.